The predicted octanol–water partition coefficient (Wildman–Crippen LogP) is 3.43. The number of aromatic nitrogens is 1. The van der Waals surface area contributed by atoms with Crippen LogP contribution in [0.1, 0.15) is 26.5 Å². The van der Waals surface area contributed by atoms with Crippen LogP contribution in [0.25, 0.3) is 22.2 Å². The van der Waals surface area contributed by atoms with Crippen LogP contribution in [-0.2, 0) is 4.74 Å². The second-order valence-electron chi connectivity index (χ2n) is 9.26. The van der Waals surface area contributed by atoms with Crippen LogP contribution in [0.2, 0.25) is 0 Å². The van der Waals surface area contributed by atoms with Crippen LogP contribution in [-0.4, -0.2) is 74.2 Å². The Bertz CT molecular complexity index is 1480. The highest BCUT2D eigenvalue weighted by Gasteiger charge is 2.36. The number of morpholine rings is 1. The van der Waals surface area contributed by atoms with Gasteiger partial charge in [0.05, 0.1) is 41.8 Å². The smallest absolute Gasteiger partial charge is 0.289 e. The summed E-state index contributed by atoms with van der Waals surface area (Å²) in [5.74, 6) is 0.842. The van der Waals surface area contributed by atoms with Crippen molar-refractivity contribution in [1.29, 1.82) is 0 Å². The van der Waals surface area contributed by atoms with E-state index in [2.05, 4.69) is 21.0 Å². The lowest BCUT2D eigenvalue weighted by atomic mass is 9.86. The van der Waals surface area contributed by atoms with Gasteiger partial charge in [-0.2, -0.15) is 0 Å². The summed E-state index contributed by atoms with van der Waals surface area (Å²) in [5, 5.41) is 5.23. The number of nitrogens with zero attached hydrogens (tertiary/aromatic N) is 4. The zero-order chi connectivity index (χ0) is 24.2. The summed E-state index contributed by atoms with van der Waals surface area (Å²) in [7, 11) is 0. The number of rotatable bonds is 3. The number of piperazine rings is 1. The summed E-state index contributed by atoms with van der Waals surface area (Å²) in [4.78, 5) is 32.9. The minimum atomic E-state index is -0.114. The third-order valence-corrected chi connectivity index (χ3v) is 7.35. The molecule has 36 heavy (non-hydrogen) atoms. The van der Waals surface area contributed by atoms with Gasteiger partial charge in [0.25, 0.3) is 5.91 Å². The van der Waals surface area contributed by atoms with E-state index in [9.17, 15) is 9.59 Å². The van der Waals surface area contributed by atoms with Crippen molar-refractivity contribution in [1.82, 2.24) is 10.1 Å². The summed E-state index contributed by atoms with van der Waals surface area (Å²) in [5.41, 5.74) is 4.54. The Labute approximate surface area is 206 Å². The Morgan fingerprint density at radius 3 is 2.36 bits per heavy atom. The van der Waals surface area contributed by atoms with Gasteiger partial charge in [0.15, 0.2) is 17.3 Å². The topological polar surface area (TPSA) is 92.3 Å². The van der Waals surface area contributed by atoms with Gasteiger partial charge in [-0.05, 0) is 18.2 Å². The van der Waals surface area contributed by atoms with E-state index in [0.717, 1.165) is 35.4 Å². The molecule has 0 atom stereocenters. The van der Waals surface area contributed by atoms with E-state index in [1.807, 2.05) is 24.3 Å². The molecule has 4 heterocycles. The van der Waals surface area contributed by atoms with Crippen LogP contribution in [0.5, 0.6) is 0 Å². The van der Waals surface area contributed by atoms with Gasteiger partial charge in [-0.15, -0.1) is 0 Å². The van der Waals surface area contributed by atoms with E-state index in [1.54, 1.807) is 17.0 Å². The lowest BCUT2D eigenvalue weighted by Gasteiger charge is -2.38. The highest BCUT2D eigenvalue weighted by Crippen LogP contribution is 2.46. The van der Waals surface area contributed by atoms with E-state index in [0.29, 0.717) is 67.6 Å². The molecule has 0 radical (unpaired) electrons. The number of benzene rings is 2. The molecule has 0 spiro atoms. The molecular formula is C27H24N4O5. The van der Waals surface area contributed by atoms with Crippen LogP contribution in [0, 0.1) is 0 Å². The molecule has 1 aliphatic carbocycles. The SMILES string of the molecule is O=C1c2ccccc2-c2onc3c(N4CCOCC4)cc(N4CCN(C(=O)c5ccco5)CC4)c1c23. The minimum Gasteiger partial charge on any atom is -0.459 e. The van der Waals surface area contributed by atoms with Crippen molar-refractivity contribution in [3.63, 3.8) is 0 Å². The number of hydrogen-bond donors (Lipinski definition) is 0. The van der Waals surface area contributed by atoms with Crippen LogP contribution in [0.4, 0.5) is 11.4 Å². The average molecular weight is 485 g/mol. The van der Waals surface area contributed by atoms with Gasteiger partial charge >= 0.3 is 0 Å². The first-order chi connectivity index (χ1) is 17.7. The Balaban J connectivity index is 1.32. The molecule has 9 nitrogen and oxygen atoms in total. The molecule has 3 aliphatic rings. The van der Waals surface area contributed by atoms with Gasteiger partial charge in [0, 0.05) is 50.4 Å². The Kier molecular flexibility index (Phi) is 4.85. The second-order valence-corrected chi connectivity index (χ2v) is 9.26. The maximum absolute atomic E-state index is 13.9. The van der Waals surface area contributed by atoms with Crippen LogP contribution >= 0.6 is 0 Å². The van der Waals surface area contributed by atoms with Crippen molar-refractivity contribution in [2.75, 3.05) is 62.3 Å². The largest absolute Gasteiger partial charge is 0.459 e. The number of amides is 1. The highest BCUT2D eigenvalue weighted by atomic mass is 16.5. The number of ketones is 1. The zero-order valence-corrected chi connectivity index (χ0v) is 19.6. The quantitative estimate of drug-likeness (QED) is 0.385. The molecule has 9 heteroatoms. The first kappa shape index (κ1) is 21.2. The molecule has 2 saturated heterocycles. The van der Waals surface area contributed by atoms with Crippen LogP contribution < -0.4 is 9.80 Å². The Morgan fingerprint density at radius 2 is 1.61 bits per heavy atom. The van der Waals surface area contributed by atoms with Gasteiger partial charge in [0.1, 0.15) is 5.52 Å². The van der Waals surface area contributed by atoms with E-state index in [1.165, 1.54) is 6.26 Å². The molecule has 2 aliphatic heterocycles. The van der Waals surface area contributed by atoms with Crippen LogP contribution in [0.15, 0.2) is 57.7 Å². The number of anilines is 2. The zero-order valence-electron chi connectivity index (χ0n) is 19.6. The summed E-state index contributed by atoms with van der Waals surface area (Å²) in [6.45, 7) is 5.03. The molecule has 2 aromatic heterocycles. The molecule has 4 aromatic rings. The van der Waals surface area contributed by atoms with Crippen molar-refractivity contribution in [3.05, 3.63) is 65.6 Å². The lowest BCUT2D eigenvalue weighted by molar-refractivity contribution is 0.0714. The fourth-order valence-electron chi connectivity index (χ4n) is 5.52. The number of ether oxygens (including phenoxy) is 1. The van der Waals surface area contributed by atoms with Crippen molar-refractivity contribution < 1.29 is 23.3 Å². The Morgan fingerprint density at radius 1 is 0.861 bits per heavy atom. The molecule has 2 fully saturated rings. The minimum absolute atomic E-state index is 0.0241. The summed E-state index contributed by atoms with van der Waals surface area (Å²) in [6.07, 6.45) is 1.51. The highest BCUT2D eigenvalue weighted by molar-refractivity contribution is 6.28. The lowest BCUT2D eigenvalue weighted by Crippen LogP contribution is -2.49. The number of carbonyl (C=O) groups excluding carboxylic acids is 2. The van der Waals surface area contributed by atoms with Gasteiger partial charge < -0.3 is 28.4 Å². The van der Waals surface area contributed by atoms with Crippen LogP contribution in [0.3, 0.4) is 0 Å². The predicted molar refractivity (Wildman–Crippen MR) is 133 cm³/mol. The number of hydrogen-bond acceptors (Lipinski definition) is 8. The number of furan rings is 1. The number of fused-ring (bicyclic) bond motifs is 2. The fraction of sp³-hybridized carbons (Fsp3) is 0.296. The maximum Gasteiger partial charge on any atom is 0.289 e. The summed E-state index contributed by atoms with van der Waals surface area (Å²) >= 11 is 0. The first-order valence-corrected chi connectivity index (χ1v) is 12.2. The van der Waals surface area contributed by atoms with Crippen molar-refractivity contribution in [3.8, 4) is 11.3 Å². The van der Waals surface area contributed by atoms with Crippen molar-refractivity contribution in [2.24, 2.45) is 0 Å². The normalized spacial score (nSPS) is 17.6. The van der Waals surface area contributed by atoms with Gasteiger partial charge in [-0.1, -0.05) is 29.4 Å². The third-order valence-electron chi connectivity index (χ3n) is 7.35. The van der Waals surface area contributed by atoms with Gasteiger partial charge in [-0.3, -0.25) is 9.59 Å². The molecule has 0 unspecified atom stereocenters. The molecule has 7 rings (SSSR count). The molecule has 0 N–H and O–H groups in total. The third kappa shape index (κ3) is 3.16. The van der Waals surface area contributed by atoms with E-state index in [4.69, 9.17) is 13.7 Å². The van der Waals surface area contributed by atoms with Gasteiger partial charge in [-0.25, -0.2) is 0 Å². The van der Waals surface area contributed by atoms with Crippen molar-refractivity contribution >= 4 is 34.0 Å². The maximum atomic E-state index is 13.9. The molecule has 0 bridgehead atoms. The summed E-state index contributed by atoms with van der Waals surface area (Å²) in [6, 6.07) is 13.0. The molecule has 2 aromatic carbocycles. The fourth-order valence-corrected chi connectivity index (χ4v) is 5.52. The molecular weight excluding hydrogens is 460 g/mol. The second kappa shape index (κ2) is 8.23. The first-order valence-electron chi connectivity index (χ1n) is 12.2. The molecule has 1 amide bonds. The monoisotopic (exact) mass is 484 g/mol. The average Bonchev–Trinajstić information content (AvgIpc) is 3.63. The molecule has 0 saturated carbocycles. The van der Waals surface area contributed by atoms with Gasteiger partial charge in [0.2, 0.25) is 0 Å². The van der Waals surface area contributed by atoms with E-state index < -0.39 is 0 Å². The van der Waals surface area contributed by atoms with Crippen molar-refractivity contribution in [2.45, 2.75) is 0 Å². The van der Waals surface area contributed by atoms with E-state index >= 15 is 0 Å². The number of carbonyl (C=O) groups is 2. The standard InChI is InChI=1S/C27H24N4O5/c32-25-17-4-1-2-5-18(17)26-23-22(25)19(16-20(24(23)28-36-26)30-11-14-34-15-12-30)29-7-9-31(10-8-29)27(33)21-6-3-13-35-21/h1-6,13,16H,7-12,14-15H2. The molecule has 182 valence electrons. The van der Waals surface area contributed by atoms with E-state index in [-0.39, 0.29) is 11.7 Å². The Hall–Kier alpha value is -4.11. The summed E-state index contributed by atoms with van der Waals surface area (Å²) < 4.78 is 16.8.